The van der Waals surface area contributed by atoms with E-state index in [1.807, 2.05) is 6.92 Å². The molecule has 0 heterocycles. The molecule has 0 saturated carbocycles. The molecule has 0 spiro atoms. The maximum Gasteiger partial charge on any atom is 0.0479 e. The van der Waals surface area contributed by atoms with Gasteiger partial charge in [0.2, 0.25) is 0 Å². The highest BCUT2D eigenvalue weighted by atomic mass is 35.5. The highest BCUT2D eigenvalue weighted by Crippen LogP contribution is 2.05. The predicted octanol–water partition coefficient (Wildman–Crippen LogP) is 2.43. The van der Waals surface area contributed by atoms with E-state index in [0.717, 1.165) is 26.1 Å². The van der Waals surface area contributed by atoms with E-state index in [4.69, 9.17) is 16.3 Å². The van der Waals surface area contributed by atoms with Crippen LogP contribution >= 0.6 is 11.6 Å². The molecule has 1 unspecified atom stereocenters. The highest BCUT2D eigenvalue weighted by molar-refractivity contribution is 6.20. The third-order valence-corrected chi connectivity index (χ3v) is 1.75. The number of ether oxygens (including phenoxy) is 1. The van der Waals surface area contributed by atoms with Gasteiger partial charge >= 0.3 is 0 Å². The Morgan fingerprint density at radius 2 is 2.11 bits per heavy atom. The molecule has 0 aromatic heterocycles. The van der Waals surface area contributed by atoms with Crippen molar-refractivity contribution in [2.45, 2.75) is 32.1 Å². The van der Waals surface area contributed by atoms with E-state index < -0.39 is 0 Å². The van der Waals surface area contributed by atoms with E-state index in [1.54, 1.807) is 0 Å². The van der Waals surface area contributed by atoms with Crippen molar-refractivity contribution in [2.75, 3.05) is 13.2 Å². The van der Waals surface area contributed by atoms with E-state index in [2.05, 4.69) is 6.92 Å². The monoisotopic (exact) mass is 150 g/mol. The molecule has 0 saturated heterocycles. The van der Waals surface area contributed by atoms with E-state index in [0.29, 0.717) is 5.38 Å². The van der Waals surface area contributed by atoms with Crippen molar-refractivity contribution in [3.8, 4) is 0 Å². The Kier molecular flexibility index (Phi) is 6.55. The molecule has 0 bridgehead atoms. The summed E-state index contributed by atoms with van der Waals surface area (Å²) < 4.78 is 5.12. The van der Waals surface area contributed by atoms with Gasteiger partial charge in [-0.1, -0.05) is 6.92 Å². The summed E-state index contributed by atoms with van der Waals surface area (Å²) in [6.45, 7) is 5.69. The van der Waals surface area contributed by atoms with Gasteiger partial charge < -0.3 is 4.74 Å². The van der Waals surface area contributed by atoms with Crippen molar-refractivity contribution in [1.29, 1.82) is 0 Å². The third kappa shape index (κ3) is 6.13. The second-order valence-electron chi connectivity index (χ2n) is 1.99. The molecule has 0 aromatic carbocycles. The molecule has 0 rings (SSSR count). The van der Waals surface area contributed by atoms with Crippen molar-refractivity contribution in [3.63, 3.8) is 0 Å². The van der Waals surface area contributed by atoms with Gasteiger partial charge in [0.05, 0.1) is 0 Å². The molecule has 2 heteroatoms. The number of alkyl halides is 1. The van der Waals surface area contributed by atoms with Crippen LogP contribution in [-0.4, -0.2) is 18.6 Å². The normalized spacial score (nSPS) is 13.7. The predicted molar refractivity (Wildman–Crippen MR) is 41.0 cm³/mol. The first-order chi connectivity index (χ1) is 4.31. The topological polar surface area (TPSA) is 9.23 Å². The molecule has 56 valence electrons. The van der Waals surface area contributed by atoms with E-state index in [-0.39, 0.29) is 0 Å². The third-order valence-electron chi connectivity index (χ3n) is 1.22. The van der Waals surface area contributed by atoms with Gasteiger partial charge in [-0.25, -0.2) is 0 Å². The van der Waals surface area contributed by atoms with Gasteiger partial charge in [-0.3, -0.25) is 0 Å². The number of halogens is 1. The Labute approximate surface area is 62.3 Å². The summed E-state index contributed by atoms with van der Waals surface area (Å²) in [6, 6.07) is 0. The standard InChI is InChI=1S/C7H15ClO/c1-3-7(8)5-6-9-4-2/h7H,3-6H2,1-2H3. The van der Waals surface area contributed by atoms with E-state index in [1.165, 1.54) is 0 Å². The lowest BCUT2D eigenvalue weighted by molar-refractivity contribution is 0.144. The Morgan fingerprint density at radius 1 is 1.44 bits per heavy atom. The first-order valence-electron chi connectivity index (χ1n) is 3.53. The average Bonchev–Trinajstić information content (AvgIpc) is 1.89. The molecule has 1 nitrogen and oxygen atoms in total. The minimum absolute atomic E-state index is 0.302. The van der Waals surface area contributed by atoms with Crippen LogP contribution in [0, 0.1) is 0 Å². The molecule has 0 radical (unpaired) electrons. The van der Waals surface area contributed by atoms with Crippen LogP contribution in [0.25, 0.3) is 0 Å². The van der Waals surface area contributed by atoms with Crippen LogP contribution in [0.1, 0.15) is 26.7 Å². The Bertz CT molecular complexity index is 56.9. The minimum atomic E-state index is 0.302. The Morgan fingerprint density at radius 3 is 2.56 bits per heavy atom. The first-order valence-corrected chi connectivity index (χ1v) is 3.96. The number of rotatable bonds is 5. The fraction of sp³-hybridized carbons (Fsp3) is 1.00. The largest absolute Gasteiger partial charge is 0.382 e. The molecule has 0 fully saturated rings. The molecule has 0 aromatic rings. The fourth-order valence-corrected chi connectivity index (χ4v) is 0.649. The van der Waals surface area contributed by atoms with Crippen LogP contribution in [0.5, 0.6) is 0 Å². The maximum atomic E-state index is 5.82. The van der Waals surface area contributed by atoms with Crippen molar-refractivity contribution in [2.24, 2.45) is 0 Å². The van der Waals surface area contributed by atoms with Crippen molar-refractivity contribution < 1.29 is 4.74 Å². The van der Waals surface area contributed by atoms with Gasteiger partial charge in [-0.05, 0) is 19.8 Å². The van der Waals surface area contributed by atoms with Crippen LogP contribution in [-0.2, 0) is 4.74 Å². The number of hydrogen-bond donors (Lipinski definition) is 0. The van der Waals surface area contributed by atoms with Crippen LogP contribution in [0.4, 0.5) is 0 Å². The zero-order valence-electron chi connectivity index (χ0n) is 6.19. The molecule has 0 N–H and O–H groups in total. The SMILES string of the molecule is CCOCCC(Cl)CC. The summed E-state index contributed by atoms with van der Waals surface area (Å²) in [5.74, 6) is 0. The lowest BCUT2D eigenvalue weighted by atomic mass is 10.2. The Balaban J connectivity index is 2.88. The van der Waals surface area contributed by atoms with Gasteiger partial charge in [-0.2, -0.15) is 0 Å². The molecular formula is C7H15ClO. The molecule has 0 aliphatic rings. The summed E-state index contributed by atoms with van der Waals surface area (Å²) in [7, 11) is 0. The summed E-state index contributed by atoms with van der Waals surface area (Å²) in [5, 5.41) is 0.302. The van der Waals surface area contributed by atoms with Gasteiger partial charge in [-0.15, -0.1) is 11.6 Å². The highest BCUT2D eigenvalue weighted by Gasteiger charge is 1.98. The quantitative estimate of drug-likeness (QED) is 0.432. The molecule has 0 amide bonds. The molecular weight excluding hydrogens is 136 g/mol. The lowest BCUT2D eigenvalue weighted by Gasteiger charge is -2.04. The van der Waals surface area contributed by atoms with E-state index in [9.17, 15) is 0 Å². The lowest BCUT2D eigenvalue weighted by Crippen LogP contribution is -2.02. The average molecular weight is 151 g/mol. The van der Waals surface area contributed by atoms with Crippen LogP contribution in [0.15, 0.2) is 0 Å². The zero-order chi connectivity index (χ0) is 7.11. The second-order valence-corrected chi connectivity index (χ2v) is 2.61. The Hall–Kier alpha value is 0.250. The molecule has 0 aliphatic carbocycles. The van der Waals surface area contributed by atoms with E-state index >= 15 is 0 Å². The summed E-state index contributed by atoms with van der Waals surface area (Å²) in [4.78, 5) is 0. The minimum Gasteiger partial charge on any atom is -0.382 e. The second kappa shape index (κ2) is 6.37. The van der Waals surface area contributed by atoms with Crippen LogP contribution in [0.2, 0.25) is 0 Å². The summed E-state index contributed by atoms with van der Waals surface area (Å²) in [5.41, 5.74) is 0. The van der Waals surface area contributed by atoms with Gasteiger partial charge in [0.1, 0.15) is 0 Å². The van der Waals surface area contributed by atoms with Gasteiger partial charge in [0.15, 0.2) is 0 Å². The molecule has 1 atom stereocenters. The maximum absolute atomic E-state index is 5.82. The fourth-order valence-electron chi connectivity index (χ4n) is 0.560. The smallest absolute Gasteiger partial charge is 0.0479 e. The first kappa shape index (κ1) is 9.25. The van der Waals surface area contributed by atoms with Crippen LogP contribution in [0.3, 0.4) is 0 Å². The zero-order valence-corrected chi connectivity index (χ0v) is 6.95. The molecule has 0 aliphatic heterocycles. The number of hydrogen-bond acceptors (Lipinski definition) is 1. The van der Waals surface area contributed by atoms with Gasteiger partial charge in [0.25, 0.3) is 0 Å². The molecule has 9 heavy (non-hydrogen) atoms. The summed E-state index contributed by atoms with van der Waals surface area (Å²) in [6.07, 6.45) is 2.01. The summed E-state index contributed by atoms with van der Waals surface area (Å²) >= 11 is 5.82. The van der Waals surface area contributed by atoms with Crippen molar-refractivity contribution in [1.82, 2.24) is 0 Å². The van der Waals surface area contributed by atoms with Gasteiger partial charge in [0, 0.05) is 18.6 Å². The van der Waals surface area contributed by atoms with Crippen molar-refractivity contribution >= 4 is 11.6 Å². The van der Waals surface area contributed by atoms with Crippen LogP contribution < -0.4 is 0 Å². The van der Waals surface area contributed by atoms with Crippen molar-refractivity contribution in [3.05, 3.63) is 0 Å².